The molecule has 1 aromatic heterocycles. The average molecular weight is 322 g/mol. The van der Waals surface area contributed by atoms with Crippen molar-refractivity contribution in [1.82, 2.24) is 9.55 Å². The van der Waals surface area contributed by atoms with E-state index in [2.05, 4.69) is 62.8 Å². The Labute approximate surface area is 123 Å². The molecule has 1 aromatic carbocycles. The van der Waals surface area contributed by atoms with Gasteiger partial charge in [-0.15, -0.1) is 0 Å². The van der Waals surface area contributed by atoms with Gasteiger partial charge in [0.2, 0.25) is 5.95 Å². The van der Waals surface area contributed by atoms with Crippen molar-refractivity contribution in [2.45, 2.75) is 39.3 Å². The summed E-state index contributed by atoms with van der Waals surface area (Å²) < 4.78 is 3.28. The fourth-order valence-electron chi connectivity index (χ4n) is 2.01. The third-order valence-electron chi connectivity index (χ3n) is 3.16. The molecule has 0 aliphatic heterocycles. The minimum absolute atomic E-state index is 0.236. The Bertz CT molecular complexity index is 522. The normalized spacial score (nSPS) is 12.4. The molecule has 0 saturated heterocycles. The number of hydrogen-bond donors (Lipinski definition) is 1. The van der Waals surface area contributed by atoms with Gasteiger partial charge < -0.3 is 9.88 Å². The molecular weight excluding hydrogens is 302 g/mol. The summed E-state index contributed by atoms with van der Waals surface area (Å²) in [5.41, 5.74) is 1.25. The molecule has 0 saturated carbocycles. The molecule has 1 unspecified atom stereocenters. The van der Waals surface area contributed by atoms with Gasteiger partial charge >= 0.3 is 0 Å². The number of benzene rings is 1. The monoisotopic (exact) mass is 321 g/mol. The van der Waals surface area contributed by atoms with E-state index in [0.29, 0.717) is 0 Å². The molecule has 4 heteroatoms. The highest BCUT2D eigenvalue weighted by molar-refractivity contribution is 9.10. The smallest absolute Gasteiger partial charge is 0.203 e. The van der Waals surface area contributed by atoms with Crippen LogP contribution in [0.25, 0.3) is 0 Å². The SMILES string of the molecule is CCCCn1ccnc1NC(C)c1cccc(Br)c1. The van der Waals surface area contributed by atoms with E-state index in [0.717, 1.165) is 17.0 Å². The van der Waals surface area contributed by atoms with Crippen LogP contribution in [-0.2, 0) is 6.54 Å². The number of nitrogens with zero attached hydrogens (tertiary/aromatic N) is 2. The van der Waals surface area contributed by atoms with Gasteiger partial charge in [-0.2, -0.15) is 0 Å². The summed E-state index contributed by atoms with van der Waals surface area (Å²) in [6, 6.07) is 8.60. The van der Waals surface area contributed by atoms with Crippen molar-refractivity contribution in [2.75, 3.05) is 5.32 Å². The van der Waals surface area contributed by atoms with Crippen LogP contribution in [0.5, 0.6) is 0 Å². The lowest BCUT2D eigenvalue weighted by molar-refractivity contribution is 0.631. The summed E-state index contributed by atoms with van der Waals surface area (Å²) in [5, 5.41) is 3.47. The first-order valence-corrected chi connectivity index (χ1v) is 7.53. The fourth-order valence-corrected chi connectivity index (χ4v) is 2.43. The van der Waals surface area contributed by atoms with Gasteiger partial charge in [0.15, 0.2) is 0 Å². The fraction of sp³-hybridized carbons (Fsp3) is 0.400. The number of anilines is 1. The van der Waals surface area contributed by atoms with E-state index in [1.807, 2.05) is 18.5 Å². The van der Waals surface area contributed by atoms with Crippen molar-refractivity contribution >= 4 is 21.9 Å². The van der Waals surface area contributed by atoms with E-state index < -0.39 is 0 Å². The van der Waals surface area contributed by atoms with Gasteiger partial charge in [-0.25, -0.2) is 4.98 Å². The van der Waals surface area contributed by atoms with E-state index in [1.165, 1.54) is 18.4 Å². The first-order chi connectivity index (χ1) is 9.20. The van der Waals surface area contributed by atoms with Crippen molar-refractivity contribution in [3.8, 4) is 0 Å². The summed E-state index contributed by atoms with van der Waals surface area (Å²) in [5.74, 6) is 0.945. The Balaban J connectivity index is 2.06. The van der Waals surface area contributed by atoms with Gasteiger partial charge in [0.25, 0.3) is 0 Å². The van der Waals surface area contributed by atoms with Crippen LogP contribution in [0.15, 0.2) is 41.1 Å². The number of rotatable bonds is 6. The van der Waals surface area contributed by atoms with Gasteiger partial charge in [0, 0.05) is 23.4 Å². The Hall–Kier alpha value is -1.29. The van der Waals surface area contributed by atoms with E-state index in [-0.39, 0.29) is 6.04 Å². The average Bonchev–Trinajstić information content (AvgIpc) is 2.83. The summed E-state index contributed by atoms with van der Waals surface area (Å²) in [7, 11) is 0. The number of nitrogens with one attached hydrogen (secondary N) is 1. The van der Waals surface area contributed by atoms with Crippen LogP contribution in [-0.4, -0.2) is 9.55 Å². The highest BCUT2D eigenvalue weighted by atomic mass is 79.9. The number of hydrogen-bond acceptors (Lipinski definition) is 2. The second kappa shape index (κ2) is 6.75. The largest absolute Gasteiger partial charge is 0.349 e. The van der Waals surface area contributed by atoms with E-state index in [9.17, 15) is 0 Å². The predicted octanol–water partition coefficient (Wildman–Crippen LogP) is 4.62. The van der Waals surface area contributed by atoms with Crippen LogP contribution < -0.4 is 5.32 Å². The molecular formula is C15H20BrN3. The van der Waals surface area contributed by atoms with Crippen LogP contribution in [0.1, 0.15) is 38.3 Å². The summed E-state index contributed by atoms with van der Waals surface area (Å²) in [6.07, 6.45) is 6.26. The summed E-state index contributed by atoms with van der Waals surface area (Å²) >= 11 is 3.51. The minimum atomic E-state index is 0.236. The topological polar surface area (TPSA) is 29.9 Å². The van der Waals surface area contributed by atoms with Gasteiger partial charge in [-0.05, 0) is 31.0 Å². The van der Waals surface area contributed by atoms with Crippen LogP contribution in [0, 0.1) is 0 Å². The van der Waals surface area contributed by atoms with E-state index in [4.69, 9.17) is 0 Å². The maximum absolute atomic E-state index is 4.40. The maximum atomic E-state index is 4.40. The number of aryl methyl sites for hydroxylation is 1. The number of halogens is 1. The van der Waals surface area contributed by atoms with Gasteiger partial charge in [0.05, 0.1) is 6.04 Å². The van der Waals surface area contributed by atoms with Crippen molar-refractivity contribution < 1.29 is 0 Å². The third kappa shape index (κ3) is 3.83. The Morgan fingerprint density at radius 3 is 3.00 bits per heavy atom. The third-order valence-corrected chi connectivity index (χ3v) is 3.66. The molecule has 102 valence electrons. The molecule has 1 atom stereocenters. The Morgan fingerprint density at radius 1 is 1.42 bits per heavy atom. The Kier molecular flexibility index (Phi) is 5.02. The molecule has 2 rings (SSSR count). The van der Waals surface area contributed by atoms with Crippen LogP contribution in [0.2, 0.25) is 0 Å². The van der Waals surface area contributed by atoms with Crippen molar-refractivity contribution in [3.63, 3.8) is 0 Å². The van der Waals surface area contributed by atoms with E-state index >= 15 is 0 Å². The molecule has 0 spiro atoms. The highest BCUT2D eigenvalue weighted by Gasteiger charge is 2.09. The first kappa shape index (κ1) is 14.1. The molecule has 0 fully saturated rings. The molecule has 1 heterocycles. The zero-order valence-corrected chi connectivity index (χ0v) is 13.0. The van der Waals surface area contributed by atoms with Crippen LogP contribution in [0.3, 0.4) is 0 Å². The lowest BCUT2D eigenvalue weighted by Gasteiger charge is -2.16. The van der Waals surface area contributed by atoms with Crippen molar-refractivity contribution in [3.05, 3.63) is 46.7 Å². The van der Waals surface area contributed by atoms with E-state index in [1.54, 1.807) is 0 Å². The van der Waals surface area contributed by atoms with Crippen LogP contribution in [0.4, 0.5) is 5.95 Å². The number of aromatic nitrogens is 2. The molecule has 2 aromatic rings. The molecule has 19 heavy (non-hydrogen) atoms. The quantitative estimate of drug-likeness (QED) is 0.841. The van der Waals surface area contributed by atoms with Crippen LogP contribution >= 0.6 is 15.9 Å². The predicted molar refractivity (Wildman–Crippen MR) is 83.3 cm³/mol. The summed E-state index contributed by atoms with van der Waals surface area (Å²) in [4.78, 5) is 4.40. The molecule has 0 radical (unpaired) electrons. The molecule has 1 N–H and O–H groups in total. The minimum Gasteiger partial charge on any atom is -0.349 e. The number of imidazole rings is 1. The second-order valence-corrected chi connectivity index (χ2v) is 5.63. The van der Waals surface area contributed by atoms with Gasteiger partial charge in [-0.1, -0.05) is 41.4 Å². The lowest BCUT2D eigenvalue weighted by Crippen LogP contribution is -2.11. The number of unbranched alkanes of at least 4 members (excludes halogenated alkanes) is 1. The van der Waals surface area contributed by atoms with Crippen molar-refractivity contribution in [1.29, 1.82) is 0 Å². The van der Waals surface area contributed by atoms with Crippen molar-refractivity contribution in [2.24, 2.45) is 0 Å². The highest BCUT2D eigenvalue weighted by Crippen LogP contribution is 2.21. The Morgan fingerprint density at radius 2 is 2.26 bits per heavy atom. The zero-order chi connectivity index (χ0) is 13.7. The summed E-state index contributed by atoms with van der Waals surface area (Å²) in [6.45, 7) is 5.37. The maximum Gasteiger partial charge on any atom is 0.203 e. The first-order valence-electron chi connectivity index (χ1n) is 6.74. The van der Waals surface area contributed by atoms with Gasteiger partial charge in [0.1, 0.15) is 0 Å². The molecule has 3 nitrogen and oxygen atoms in total. The van der Waals surface area contributed by atoms with Gasteiger partial charge in [-0.3, -0.25) is 0 Å². The lowest BCUT2D eigenvalue weighted by atomic mass is 10.1. The standard InChI is InChI=1S/C15H20BrN3/c1-3-4-9-19-10-8-17-15(19)18-12(2)13-6-5-7-14(16)11-13/h5-8,10-12H,3-4,9H2,1-2H3,(H,17,18). The molecule has 0 amide bonds. The molecule has 0 aliphatic carbocycles. The second-order valence-electron chi connectivity index (χ2n) is 4.72. The molecule has 0 bridgehead atoms. The molecule has 0 aliphatic rings. The zero-order valence-electron chi connectivity index (χ0n) is 11.4.